The molecule has 2 rings (SSSR count). The lowest BCUT2D eigenvalue weighted by Crippen LogP contribution is -1.91. The molecule has 1 aromatic rings. The molecule has 0 unspecified atom stereocenters. The number of ether oxygens (including phenoxy) is 1. The van der Waals surface area contributed by atoms with E-state index < -0.39 is 0 Å². The van der Waals surface area contributed by atoms with Crippen molar-refractivity contribution in [2.24, 2.45) is 5.73 Å². The van der Waals surface area contributed by atoms with Crippen molar-refractivity contribution in [3.8, 4) is 5.75 Å². The van der Waals surface area contributed by atoms with Gasteiger partial charge in [0.05, 0.1) is 4.90 Å². The number of hydrogen-bond donors (Lipinski definition) is 1. The second kappa shape index (κ2) is 3.85. The van der Waals surface area contributed by atoms with E-state index in [1.807, 2.05) is 24.3 Å². The average molecular weight is 193 g/mol. The van der Waals surface area contributed by atoms with Gasteiger partial charge in [0.1, 0.15) is 11.7 Å². The second-order valence-electron chi connectivity index (χ2n) is 2.75. The Morgan fingerprint density at radius 3 is 3.31 bits per heavy atom. The minimum atomic E-state index is 0.584. The maximum absolute atomic E-state index is 5.37. The van der Waals surface area contributed by atoms with E-state index in [0.717, 1.165) is 11.7 Å². The van der Waals surface area contributed by atoms with E-state index in [1.165, 1.54) is 10.5 Å². The number of fused-ring (bicyclic) bond motifs is 1. The van der Waals surface area contributed by atoms with E-state index in [9.17, 15) is 0 Å². The Bertz CT molecular complexity index is 336. The number of hydrogen-bond acceptors (Lipinski definition) is 3. The molecule has 3 heteroatoms. The van der Waals surface area contributed by atoms with Gasteiger partial charge in [-0.15, -0.1) is 0 Å². The third-order valence-electron chi connectivity index (χ3n) is 1.84. The minimum absolute atomic E-state index is 0.584. The number of nitrogens with two attached hydrogens (primary N) is 1. The number of rotatable bonds is 2. The van der Waals surface area contributed by atoms with Crippen molar-refractivity contribution in [3.05, 3.63) is 29.8 Å². The minimum Gasteiger partial charge on any atom is -0.481 e. The molecule has 0 bridgehead atoms. The maximum Gasteiger partial charge on any atom is 0.138 e. The summed E-state index contributed by atoms with van der Waals surface area (Å²) in [7, 11) is 0. The van der Waals surface area contributed by atoms with Gasteiger partial charge in [-0.1, -0.05) is 30.0 Å². The van der Waals surface area contributed by atoms with E-state index in [2.05, 4.69) is 6.07 Å². The molecule has 0 atom stereocenters. The Balaban J connectivity index is 2.25. The second-order valence-corrected chi connectivity index (χ2v) is 3.71. The first-order chi connectivity index (χ1) is 6.40. The molecular formula is C10H11NOS. The van der Waals surface area contributed by atoms with E-state index >= 15 is 0 Å². The smallest absolute Gasteiger partial charge is 0.138 e. The Morgan fingerprint density at radius 1 is 1.54 bits per heavy atom. The summed E-state index contributed by atoms with van der Waals surface area (Å²) in [5.74, 6) is 1.73. The molecular weight excluding hydrogens is 182 g/mol. The van der Waals surface area contributed by atoms with E-state index in [1.54, 1.807) is 11.8 Å². The molecule has 0 saturated carbocycles. The Hall–Kier alpha value is -0.930. The molecule has 2 nitrogen and oxygen atoms in total. The highest BCUT2D eigenvalue weighted by Gasteiger charge is 2.11. The lowest BCUT2D eigenvalue weighted by Gasteiger charge is -1.97. The molecule has 2 N–H and O–H groups in total. The highest BCUT2D eigenvalue weighted by atomic mass is 32.2. The van der Waals surface area contributed by atoms with Crippen molar-refractivity contribution < 1.29 is 4.74 Å². The predicted molar refractivity (Wildman–Crippen MR) is 55.9 cm³/mol. The van der Waals surface area contributed by atoms with Crippen molar-refractivity contribution in [1.29, 1.82) is 0 Å². The molecule has 0 aliphatic carbocycles. The van der Waals surface area contributed by atoms with Crippen molar-refractivity contribution >= 4 is 17.8 Å². The maximum atomic E-state index is 5.37. The highest BCUT2D eigenvalue weighted by molar-refractivity contribution is 7.99. The highest BCUT2D eigenvalue weighted by Crippen LogP contribution is 2.36. The van der Waals surface area contributed by atoms with Crippen LogP contribution in [0.15, 0.2) is 29.2 Å². The molecule has 0 amide bonds. The molecule has 0 radical (unpaired) electrons. The monoisotopic (exact) mass is 193 g/mol. The molecule has 0 aromatic heterocycles. The third-order valence-corrected chi connectivity index (χ3v) is 2.71. The molecule has 13 heavy (non-hydrogen) atoms. The van der Waals surface area contributed by atoms with Crippen LogP contribution in [-0.4, -0.2) is 12.5 Å². The molecule has 1 aliphatic rings. The van der Waals surface area contributed by atoms with Crippen LogP contribution >= 0.6 is 11.8 Å². The van der Waals surface area contributed by atoms with Gasteiger partial charge >= 0.3 is 0 Å². The topological polar surface area (TPSA) is 35.2 Å². The van der Waals surface area contributed by atoms with Crippen LogP contribution in [0, 0.1) is 0 Å². The fourth-order valence-corrected chi connectivity index (χ4v) is 2.02. The molecule has 0 spiro atoms. The van der Waals surface area contributed by atoms with Gasteiger partial charge in [0.15, 0.2) is 0 Å². The summed E-state index contributed by atoms with van der Waals surface area (Å²) in [5, 5.41) is 0. The summed E-state index contributed by atoms with van der Waals surface area (Å²) >= 11 is 1.73. The summed E-state index contributed by atoms with van der Waals surface area (Å²) in [6.07, 6.45) is 3.97. The first kappa shape index (κ1) is 8.66. The van der Waals surface area contributed by atoms with Crippen LogP contribution in [-0.2, 0) is 0 Å². The van der Waals surface area contributed by atoms with Crippen LogP contribution in [0.25, 0.3) is 6.08 Å². The first-order valence-electron chi connectivity index (χ1n) is 4.16. The van der Waals surface area contributed by atoms with Crippen molar-refractivity contribution in [2.45, 2.75) is 4.90 Å². The van der Waals surface area contributed by atoms with Crippen molar-refractivity contribution in [1.82, 2.24) is 0 Å². The van der Waals surface area contributed by atoms with E-state index in [0.29, 0.717) is 6.54 Å². The Morgan fingerprint density at radius 2 is 2.46 bits per heavy atom. The van der Waals surface area contributed by atoms with Crippen LogP contribution in [0.2, 0.25) is 0 Å². The molecule has 1 aromatic carbocycles. The summed E-state index contributed by atoms with van der Waals surface area (Å²) < 4.78 is 5.37. The molecule has 68 valence electrons. The zero-order chi connectivity index (χ0) is 9.10. The number of benzene rings is 1. The van der Waals surface area contributed by atoms with Gasteiger partial charge in [-0.3, -0.25) is 0 Å². The van der Waals surface area contributed by atoms with Gasteiger partial charge in [-0.25, -0.2) is 0 Å². The van der Waals surface area contributed by atoms with Gasteiger partial charge in [-0.05, 0) is 17.7 Å². The number of thioether (sulfide) groups is 1. The van der Waals surface area contributed by atoms with Gasteiger partial charge in [-0.2, -0.15) is 0 Å². The lowest BCUT2D eigenvalue weighted by molar-refractivity contribution is 0.397. The fraction of sp³-hybridized carbons (Fsp3) is 0.200. The predicted octanol–water partition coefficient (Wildman–Crippen LogP) is 2.10. The summed E-state index contributed by atoms with van der Waals surface area (Å²) in [5.41, 5.74) is 6.56. The van der Waals surface area contributed by atoms with Gasteiger partial charge in [0, 0.05) is 6.54 Å². The zero-order valence-corrected chi connectivity index (χ0v) is 8.01. The van der Waals surface area contributed by atoms with Gasteiger partial charge in [0.25, 0.3) is 0 Å². The van der Waals surface area contributed by atoms with Gasteiger partial charge in [0.2, 0.25) is 0 Å². The SMILES string of the molecule is NC/C=C/c1ccc2c(c1)SCO2. The Kier molecular flexibility index (Phi) is 2.57. The molecule has 0 saturated heterocycles. The third kappa shape index (κ3) is 1.87. The first-order valence-corrected chi connectivity index (χ1v) is 5.15. The van der Waals surface area contributed by atoms with Crippen LogP contribution in [0.3, 0.4) is 0 Å². The Labute approximate surface area is 81.8 Å². The molecule has 1 aliphatic heterocycles. The quantitative estimate of drug-likeness (QED) is 0.781. The average Bonchev–Trinajstić information content (AvgIpc) is 2.61. The van der Waals surface area contributed by atoms with Gasteiger partial charge < -0.3 is 10.5 Å². The summed E-state index contributed by atoms with van der Waals surface area (Å²) in [6, 6.07) is 6.17. The standard InChI is InChI=1S/C10H11NOS/c11-5-1-2-8-3-4-9-10(6-8)13-7-12-9/h1-4,6H,5,7,11H2/b2-1+. The molecule has 1 heterocycles. The van der Waals surface area contributed by atoms with Crippen molar-refractivity contribution in [3.63, 3.8) is 0 Å². The van der Waals surface area contributed by atoms with E-state index in [4.69, 9.17) is 10.5 Å². The van der Waals surface area contributed by atoms with Crippen molar-refractivity contribution in [2.75, 3.05) is 12.5 Å². The fourth-order valence-electron chi connectivity index (χ4n) is 1.22. The van der Waals surface area contributed by atoms with E-state index in [-0.39, 0.29) is 0 Å². The summed E-state index contributed by atoms with van der Waals surface area (Å²) in [4.78, 5) is 1.22. The summed E-state index contributed by atoms with van der Waals surface area (Å²) in [6.45, 7) is 0.584. The largest absolute Gasteiger partial charge is 0.481 e. The lowest BCUT2D eigenvalue weighted by atomic mass is 10.2. The zero-order valence-electron chi connectivity index (χ0n) is 7.19. The normalized spacial score (nSPS) is 14.5. The molecule has 0 fully saturated rings. The van der Waals surface area contributed by atoms with Crippen LogP contribution in [0.5, 0.6) is 5.75 Å². The van der Waals surface area contributed by atoms with Crippen LogP contribution in [0.1, 0.15) is 5.56 Å². The van der Waals surface area contributed by atoms with Crippen LogP contribution in [0.4, 0.5) is 0 Å². The van der Waals surface area contributed by atoms with Crippen LogP contribution < -0.4 is 10.5 Å².